The molecule has 0 spiro atoms. The Hall–Kier alpha value is -4.08. The van der Waals surface area contributed by atoms with E-state index in [-0.39, 0.29) is 30.0 Å². The van der Waals surface area contributed by atoms with E-state index in [2.05, 4.69) is 4.98 Å². The van der Waals surface area contributed by atoms with Gasteiger partial charge in [0.15, 0.2) is 17.5 Å². The van der Waals surface area contributed by atoms with Crippen molar-refractivity contribution in [2.24, 2.45) is 0 Å². The average Bonchev–Trinajstić information content (AvgIpc) is 3.33. The Kier molecular flexibility index (Phi) is 6.73. The lowest BCUT2D eigenvalue weighted by atomic mass is 9.88. The number of amides is 2. The molecule has 0 saturated carbocycles. The third-order valence-electron chi connectivity index (χ3n) is 7.18. The summed E-state index contributed by atoms with van der Waals surface area (Å²) in [6.07, 6.45) is 6.38. The summed E-state index contributed by atoms with van der Waals surface area (Å²) >= 11 is 0. The lowest BCUT2D eigenvalue weighted by molar-refractivity contribution is -0.146. The van der Waals surface area contributed by atoms with Gasteiger partial charge in [0, 0.05) is 31.8 Å². The Bertz CT molecular complexity index is 1430. The maximum atomic E-state index is 14.1. The summed E-state index contributed by atoms with van der Waals surface area (Å²) in [5.74, 6) is -4.13. The molecule has 5 rings (SSSR count). The number of carbonyl (C=O) groups excluding carboxylic acids is 2. The van der Waals surface area contributed by atoms with Crippen LogP contribution >= 0.6 is 0 Å². The molecular weight excluding hydrogens is 497 g/mol. The molecule has 2 atom stereocenters. The topological polar surface area (TPSA) is 67.7 Å². The van der Waals surface area contributed by atoms with E-state index in [1.54, 1.807) is 29.3 Å². The van der Waals surface area contributed by atoms with Gasteiger partial charge in [-0.1, -0.05) is 6.07 Å². The Morgan fingerprint density at radius 1 is 1.13 bits per heavy atom. The number of nitrogens with zero attached hydrogens (tertiary/aromatic N) is 4. The summed E-state index contributed by atoms with van der Waals surface area (Å²) < 4.78 is 49.4. The summed E-state index contributed by atoms with van der Waals surface area (Å²) in [4.78, 5) is 33.4. The number of methoxy groups -OCH3 is 1. The van der Waals surface area contributed by atoms with Crippen LogP contribution < -0.4 is 4.74 Å². The number of fused-ring (bicyclic) bond motifs is 1. The van der Waals surface area contributed by atoms with Crippen molar-refractivity contribution in [2.45, 2.75) is 38.8 Å². The quantitative estimate of drug-likeness (QED) is 0.370. The molecule has 1 aromatic heterocycles. The molecule has 38 heavy (non-hydrogen) atoms. The molecule has 0 radical (unpaired) electrons. The zero-order chi connectivity index (χ0) is 27.1. The van der Waals surface area contributed by atoms with Crippen molar-refractivity contribution in [3.63, 3.8) is 0 Å². The summed E-state index contributed by atoms with van der Waals surface area (Å²) in [6, 6.07) is 6.22. The van der Waals surface area contributed by atoms with E-state index in [0.29, 0.717) is 30.7 Å². The fraction of sp³-hybridized carbons (Fsp3) is 0.321. The number of piperazine rings is 1. The van der Waals surface area contributed by atoms with Gasteiger partial charge in [-0.3, -0.25) is 9.59 Å². The van der Waals surface area contributed by atoms with Crippen LogP contribution in [0.3, 0.4) is 0 Å². The number of rotatable bonds is 4. The maximum absolute atomic E-state index is 14.1. The number of hydrogen-bond acceptors (Lipinski definition) is 4. The van der Waals surface area contributed by atoms with Crippen LogP contribution in [0.2, 0.25) is 0 Å². The first-order valence-corrected chi connectivity index (χ1v) is 12.3. The highest BCUT2D eigenvalue weighted by Gasteiger charge is 2.43. The summed E-state index contributed by atoms with van der Waals surface area (Å²) in [5.41, 5.74) is 3.04. The van der Waals surface area contributed by atoms with Crippen LogP contribution in [0.1, 0.15) is 42.6 Å². The first-order valence-electron chi connectivity index (χ1n) is 12.3. The molecule has 198 valence electrons. The third-order valence-corrected chi connectivity index (χ3v) is 7.18. The van der Waals surface area contributed by atoms with Crippen molar-refractivity contribution < 1.29 is 27.5 Å². The van der Waals surface area contributed by atoms with E-state index >= 15 is 0 Å². The van der Waals surface area contributed by atoms with Crippen molar-refractivity contribution in [3.05, 3.63) is 82.7 Å². The van der Waals surface area contributed by atoms with Crippen molar-refractivity contribution in [1.29, 1.82) is 0 Å². The van der Waals surface area contributed by atoms with Gasteiger partial charge in [0.25, 0.3) is 5.91 Å². The Morgan fingerprint density at radius 3 is 2.50 bits per heavy atom. The zero-order valence-corrected chi connectivity index (χ0v) is 21.2. The molecule has 3 aromatic rings. The number of ether oxygens (including phenoxy) is 1. The molecular formula is C28H27F3N4O3. The lowest BCUT2D eigenvalue weighted by Crippen LogP contribution is -2.59. The Labute approximate surface area is 218 Å². The minimum absolute atomic E-state index is 0.0577. The normalized spacial score (nSPS) is 20.6. The number of aryl methyl sites for hydroxylation is 1. The number of imidazole rings is 1. The Balaban J connectivity index is 1.49. The predicted octanol–water partition coefficient (Wildman–Crippen LogP) is 4.58. The summed E-state index contributed by atoms with van der Waals surface area (Å²) in [5, 5.41) is 0. The van der Waals surface area contributed by atoms with Crippen LogP contribution in [0.5, 0.6) is 5.75 Å². The van der Waals surface area contributed by atoms with Crippen LogP contribution in [0, 0.1) is 24.4 Å². The van der Waals surface area contributed by atoms with Gasteiger partial charge in [0.05, 0.1) is 36.9 Å². The van der Waals surface area contributed by atoms with E-state index in [1.165, 1.54) is 6.92 Å². The van der Waals surface area contributed by atoms with E-state index in [9.17, 15) is 22.8 Å². The molecule has 2 aromatic carbocycles. The number of halogens is 3. The van der Waals surface area contributed by atoms with Crippen molar-refractivity contribution in [3.8, 4) is 11.4 Å². The van der Waals surface area contributed by atoms with Gasteiger partial charge in [0.2, 0.25) is 5.91 Å². The molecule has 2 aliphatic rings. The van der Waals surface area contributed by atoms with E-state index in [1.807, 2.05) is 35.9 Å². The highest BCUT2D eigenvalue weighted by Crippen LogP contribution is 2.38. The minimum Gasteiger partial charge on any atom is -0.495 e. The van der Waals surface area contributed by atoms with E-state index < -0.39 is 23.5 Å². The highest BCUT2D eigenvalue weighted by molar-refractivity contribution is 5.99. The van der Waals surface area contributed by atoms with E-state index in [4.69, 9.17) is 4.74 Å². The molecule has 0 bridgehead atoms. The van der Waals surface area contributed by atoms with Crippen LogP contribution in [-0.4, -0.2) is 57.4 Å². The van der Waals surface area contributed by atoms with Gasteiger partial charge in [-0.2, -0.15) is 0 Å². The lowest BCUT2D eigenvalue weighted by Gasteiger charge is -2.49. The predicted molar refractivity (Wildman–Crippen MR) is 134 cm³/mol. The van der Waals surface area contributed by atoms with Crippen LogP contribution in [0.15, 0.2) is 48.4 Å². The molecule has 2 fully saturated rings. The Morgan fingerprint density at radius 2 is 1.87 bits per heavy atom. The van der Waals surface area contributed by atoms with Crippen LogP contribution in [0.4, 0.5) is 13.2 Å². The molecule has 7 nitrogen and oxygen atoms in total. The SMILES string of the molecule is COc1cc(/C=C2\CCC3CN(C(C)=O)CC(c4cc(F)c(F)c(F)c4)N3C2=O)ccc1-n1cnc(C)c1. The van der Waals surface area contributed by atoms with Gasteiger partial charge >= 0.3 is 0 Å². The van der Waals surface area contributed by atoms with Crippen molar-refractivity contribution in [2.75, 3.05) is 20.2 Å². The van der Waals surface area contributed by atoms with Gasteiger partial charge in [-0.25, -0.2) is 18.2 Å². The smallest absolute Gasteiger partial charge is 0.250 e. The monoisotopic (exact) mass is 524 g/mol. The van der Waals surface area contributed by atoms with Gasteiger partial charge in [0.1, 0.15) is 5.75 Å². The first kappa shape index (κ1) is 25.6. The van der Waals surface area contributed by atoms with Crippen molar-refractivity contribution in [1.82, 2.24) is 19.4 Å². The number of piperidine rings is 1. The molecule has 0 aliphatic carbocycles. The average molecular weight is 525 g/mol. The second kappa shape index (κ2) is 10.00. The molecule has 2 saturated heterocycles. The van der Waals surface area contributed by atoms with Gasteiger partial charge in [-0.05, 0) is 61.2 Å². The van der Waals surface area contributed by atoms with Gasteiger partial charge in [-0.15, -0.1) is 0 Å². The summed E-state index contributed by atoms with van der Waals surface area (Å²) in [7, 11) is 1.57. The second-order valence-electron chi connectivity index (χ2n) is 9.67. The number of carbonyl (C=O) groups is 2. The van der Waals surface area contributed by atoms with Gasteiger partial charge < -0.3 is 19.1 Å². The first-order chi connectivity index (χ1) is 18.2. The molecule has 2 amide bonds. The number of hydrogen-bond donors (Lipinski definition) is 0. The van der Waals surface area contributed by atoms with Crippen LogP contribution in [0.25, 0.3) is 11.8 Å². The van der Waals surface area contributed by atoms with Crippen molar-refractivity contribution >= 4 is 17.9 Å². The van der Waals surface area contributed by atoms with E-state index in [0.717, 1.165) is 29.1 Å². The zero-order valence-electron chi connectivity index (χ0n) is 21.2. The number of benzene rings is 2. The molecule has 10 heteroatoms. The minimum atomic E-state index is -1.57. The molecule has 2 unspecified atom stereocenters. The largest absolute Gasteiger partial charge is 0.495 e. The molecule has 2 aliphatic heterocycles. The fourth-order valence-corrected chi connectivity index (χ4v) is 5.28. The molecule has 3 heterocycles. The third kappa shape index (κ3) is 4.66. The second-order valence-corrected chi connectivity index (χ2v) is 9.67. The summed E-state index contributed by atoms with van der Waals surface area (Å²) in [6.45, 7) is 3.69. The van der Waals surface area contributed by atoms with Crippen LogP contribution in [-0.2, 0) is 9.59 Å². The highest BCUT2D eigenvalue weighted by atomic mass is 19.2. The standard InChI is InChI=1S/C28H27F3N4O3/c1-16-12-34(15-32-16)24-7-4-18(9-26(24)38-3)8-19-5-6-21-13-33(17(2)36)14-25(35(21)28(19)37)20-10-22(29)27(31)23(30)11-20/h4,7-12,15,21,25H,5-6,13-14H2,1-3H3/b19-8+. The molecule has 0 N–H and O–H groups in total. The number of aromatic nitrogens is 2. The fourth-order valence-electron chi connectivity index (χ4n) is 5.28. The maximum Gasteiger partial charge on any atom is 0.250 e.